The third-order valence-corrected chi connectivity index (χ3v) is 2.47. The molecule has 0 aliphatic rings. The Hall–Kier alpha value is -1.87. The molecule has 0 bridgehead atoms. The van der Waals surface area contributed by atoms with Crippen LogP contribution in [-0.4, -0.2) is 17.1 Å². The third kappa shape index (κ3) is 2.20. The van der Waals surface area contributed by atoms with Gasteiger partial charge in [0.15, 0.2) is 0 Å². The van der Waals surface area contributed by atoms with Crippen LogP contribution < -0.4 is 5.32 Å². The van der Waals surface area contributed by atoms with Gasteiger partial charge in [-0.25, -0.2) is 4.98 Å². The number of nitrogens with one attached hydrogen (secondary N) is 1. The Bertz CT molecular complexity index is 439. The number of hydrogen-bond acceptors (Lipinski definition) is 3. The molecular formula is C13H14N2O. The van der Waals surface area contributed by atoms with Gasteiger partial charge in [0, 0.05) is 18.8 Å². The highest BCUT2D eigenvalue weighted by atomic mass is 16.3. The molecular weight excluding hydrogens is 200 g/mol. The Morgan fingerprint density at radius 3 is 2.38 bits per heavy atom. The number of hydrogen-bond donors (Lipinski definition) is 2. The number of nitrogens with zero attached hydrogens (tertiary/aromatic N) is 1. The van der Waals surface area contributed by atoms with E-state index >= 15 is 0 Å². The van der Waals surface area contributed by atoms with Crippen molar-refractivity contribution in [2.75, 3.05) is 12.4 Å². The van der Waals surface area contributed by atoms with Crippen molar-refractivity contribution in [3.8, 4) is 0 Å². The fourth-order valence-electron chi connectivity index (χ4n) is 1.54. The molecule has 1 aromatic carbocycles. The molecule has 16 heavy (non-hydrogen) atoms. The first-order valence-electron chi connectivity index (χ1n) is 5.18. The van der Waals surface area contributed by atoms with Crippen LogP contribution in [0.25, 0.3) is 0 Å². The summed E-state index contributed by atoms with van der Waals surface area (Å²) >= 11 is 0. The zero-order valence-electron chi connectivity index (χ0n) is 9.09. The fourth-order valence-corrected chi connectivity index (χ4v) is 1.54. The van der Waals surface area contributed by atoms with Crippen molar-refractivity contribution in [1.29, 1.82) is 0 Å². The molecule has 82 valence electrons. The molecule has 2 rings (SSSR count). The molecule has 3 heteroatoms. The number of aromatic nitrogens is 1. The van der Waals surface area contributed by atoms with Crippen LogP contribution in [0.3, 0.4) is 0 Å². The van der Waals surface area contributed by atoms with Crippen LogP contribution in [0.1, 0.15) is 17.2 Å². The number of anilines is 1. The van der Waals surface area contributed by atoms with Crippen LogP contribution >= 0.6 is 0 Å². The quantitative estimate of drug-likeness (QED) is 0.823. The second-order valence-electron chi connectivity index (χ2n) is 3.54. The molecule has 0 radical (unpaired) electrons. The SMILES string of the molecule is CNc1ccc(C(O)c2ccccc2)cn1. The minimum absolute atomic E-state index is 0.611. The van der Waals surface area contributed by atoms with Gasteiger partial charge in [-0.05, 0) is 11.6 Å². The maximum atomic E-state index is 10.1. The molecule has 3 nitrogen and oxygen atoms in total. The van der Waals surface area contributed by atoms with Gasteiger partial charge in [0.05, 0.1) is 0 Å². The highest BCUT2D eigenvalue weighted by Gasteiger charge is 2.09. The number of benzene rings is 1. The molecule has 1 aromatic heterocycles. The highest BCUT2D eigenvalue weighted by Crippen LogP contribution is 2.21. The summed E-state index contributed by atoms with van der Waals surface area (Å²) in [5.74, 6) is 0.795. The van der Waals surface area contributed by atoms with E-state index in [1.807, 2.05) is 49.5 Å². The topological polar surface area (TPSA) is 45.1 Å². The predicted molar refractivity (Wildman–Crippen MR) is 64.3 cm³/mol. The molecule has 0 fully saturated rings. The van der Waals surface area contributed by atoms with Crippen LogP contribution in [0.4, 0.5) is 5.82 Å². The predicted octanol–water partition coefficient (Wildman–Crippen LogP) is 2.21. The molecule has 0 aliphatic carbocycles. The molecule has 0 spiro atoms. The molecule has 0 saturated carbocycles. The van der Waals surface area contributed by atoms with Crippen molar-refractivity contribution in [3.05, 3.63) is 59.8 Å². The van der Waals surface area contributed by atoms with Gasteiger partial charge in [0.1, 0.15) is 11.9 Å². The van der Waals surface area contributed by atoms with Gasteiger partial charge in [-0.2, -0.15) is 0 Å². The fraction of sp³-hybridized carbons (Fsp3) is 0.154. The van der Waals surface area contributed by atoms with E-state index in [1.54, 1.807) is 6.20 Å². The largest absolute Gasteiger partial charge is 0.384 e. The minimum Gasteiger partial charge on any atom is -0.384 e. The standard InChI is InChI=1S/C13H14N2O/c1-14-12-8-7-11(9-15-12)13(16)10-5-3-2-4-6-10/h2-9,13,16H,1H3,(H,14,15). The van der Waals surface area contributed by atoms with Crippen LogP contribution in [0.5, 0.6) is 0 Å². The Labute approximate surface area is 94.8 Å². The monoisotopic (exact) mass is 214 g/mol. The first kappa shape index (κ1) is 10.6. The van der Waals surface area contributed by atoms with E-state index in [4.69, 9.17) is 0 Å². The summed E-state index contributed by atoms with van der Waals surface area (Å²) in [5, 5.41) is 13.0. The molecule has 1 atom stereocenters. The van der Waals surface area contributed by atoms with Crippen LogP contribution in [0, 0.1) is 0 Å². The lowest BCUT2D eigenvalue weighted by molar-refractivity contribution is 0.220. The summed E-state index contributed by atoms with van der Waals surface area (Å²) in [6.07, 6.45) is 1.07. The summed E-state index contributed by atoms with van der Waals surface area (Å²) in [6, 6.07) is 13.3. The lowest BCUT2D eigenvalue weighted by Gasteiger charge is -2.11. The highest BCUT2D eigenvalue weighted by molar-refractivity contribution is 5.37. The zero-order chi connectivity index (χ0) is 11.4. The van der Waals surface area contributed by atoms with E-state index in [-0.39, 0.29) is 0 Å². The van der Waals surface area contributed by atoms with Gasteiger partial charge >= 0.3 is 0 Å². The summed E-state index contributed by atoms with van der Waals surface area (Å²) in [4.78, 5) is 4.17. The lowest BCUT2D eigenvalue weighted by Crippen LogP contribution is -2.01. The summed E-state index contributed by atoms with van der Waals surface area (Å²) in [5.41, 5.74) is 1.67. The summed E-state index contributed by atoms with van der Waals surface area (Å²) < 4.78 is 0. The Balaban J connectivity index is 2.24. The average Bonchev–Trinajstić information content (AvgIpc) is 2.39. The second-order valence-corrected chi connectivity index (χ2v) is 3.54. The van der Waals surface area contributed by atoms with E-state index in [2.05, 4.69) is 10.3 Å². The molecule has 2 N–H and O–H groups in total. The molecule has 0 amide bonds. The Kier molecular flexibility index (Phi) is 3.17. The third-order valence-electron chi connectivity index (χ3n) is 2.47. The van der Waals surface area contributed by atoms with Gasteiger partial charge < -0.3 is 10.4 Å². The molecule has 0 saturated heterocycles. The first-order valence-corrected chi connectivity index (χ1v) is 5.18. The van der Waals surface area contributed by atoms with Crippen molar-refractivity contribution in [1.82, 2.24) is 4.98 Å². The van der Waals surface area contributed by atoms with Crippen molar-refractivity contribution in [2.45, 2.75) is 6.10 Å². The Morgan fingerprint density at radius 1 is 1.06 bits per heavy atom. The minimum atomic E-state index is -0.611. The number of pyridine rings is 1. The summed E-state index contributed by atoms with van der Waals surface area (Å²) in [7, 11) is 1.82. The van der Waals surface area contributed by atoms with Crippen LogP contribution in [-0.2, 0) is 0 Å². The first-order chi connectivity index (χ1) is 7.81. The maximum Gasteiger partial charge on any atom is 0.125 e. The smallest absolute Gasteiger partial charge is 0.125 e. The van der Waals surface area contributed by atoms with E-state index < -0.39 is 6.10 Å². The molecule has 1 unspecified atom stereocenters. The lowest BCUT2D eigenvalue weighted by atomic mass is 10.0. The normalized spacial score (nSPS) is 12.1. The van der Waals surface area contributed by atoms with Gasteiger partial charge in [0.2, 0.25) is 0 Å². The van der Waals surface area contributed by atoms with Crippen molar-refractivity contribution >= 4 is 5.82 Å². The van der Waals surface area contributed by atoms with Gasteiger partial charge in [-0.1, -0.05) is 36.4 Å². The number of aliphatic hydroxyl groups excluding tert-OH is 1. The van der Waals surface area contributed by atoms with Gasteiger partial charge in [-0.15, -0.1) is 0 Å². The Morgan fingerprint density at radius 2 is 1.81 bits per heavy atom. The van der Waals surface area contributed by atoms with Gasteiger partial charge in [-0.3, -0.25) is 0 Å². The van der Waals surface area contributed by atoms with Crippen molar-refractivity contribution in [3.63, 3.8) is 0 Å². The zero-order valence-corrected chi connectivity index (χ0v) is 9.09. The van der Waals surface area contributed by atoms with Crippen LogP contribution in [0.2, 0.25) is 0 Å². The van der Waals surface area contributed by atoms with E-state index in [1.165, 1.54) is 0 Å². The van der Waals surface area contributed by atoms with Crippen LogP contribution in [0.15, 0.2) is 48.7 Å². The van der Waals surface area contributed by atoms with E-state index in [0.717, 1.165) is 16.9 Å². The van der Waals surface area contributed by atoms with Crippen molar-refractivity contribution in [2.24, 2.45) is 0 Å². The van der Waals surface area contributed by atoms with Gasteiger partial charge in [0.25, 0.3) is 0 Å². The number of rotatable bonds is 3. The molecule has 1 heterocycles. The summed E-state index contributed by atoms with van der Waals surface area (Å²) in [6.45, 7) is 0. The average molecular weight is 214 g/mol. The molecule has 0 aliphatic heterocycles. The van der Waals surface area contributed by atoms with Crippen molar-refractivity contribution < 1.29 is 5.11 Å². The second kappa shape index (κ2) is 4.77. The maximum absolute atomic E-state index is 10.1. The van der Waals surface area contributed by atoms with E-state index in [0.29, 0.717) is 0 Å². The van der Waals surface area contributed by atoms with E-state index in [9.17, 15) is 5.11 Å². The number of aliphatic hydroxyl groups is 1. The molecule has 2 aromatic rings.